The van der Waals surface area contributed by atoms with Crippen LogP contribution in [0.2, 0.25) is 0 Å². The van der Waals surface area contributed by atoms with E-state index in [9.17, 15) is 4.39 Å². The molecule has 1 nitrogen and oxygen atoms in total. The fourth-order valence-corrected chi connectivity index (χ4v) is 9.24. The molecule has 0 radical (unpaired) electrons. The highest BCUT2D eigenvalue weighted by atomic mass is 19.1. The normalized spacial score (nSPS) is 11.4. The van der Waals surface area contributed by atoms with E-state index in [2.05, 4.69) is 193 Å². The molecular formula is C59H40FN. The van der Waals surface area contributed by atoms with Crippen molar-refractivity contribution in [2.75, 3.05) is 4.90 Å². The van der Waals surface area contributed by atoms with Crippen molar-refractivity contribution in [1.29, 1.82) is 0 Å². The third-order valence-electron chi connectivity index (χ3n) is 12.2. The van der Waals surface area contributed by atoms with Crippen molar-refractivity contribution in [1.82, 2.24) is 0 Å². The van der Waals surface area contributed by atoms with Crippen molar-refractivity contribution in [2.24, 2.45) is 0 Å². The first-order chi connectivity index (χ1) is 30.2. The van der Waals surface area contributed by atoms with Gasteiger partial charge in [-0.1, -0.05) is 188 Å². The second-order valence-electron chi connectivity index (χ2n) is 15.7. The van der Waals surface area contributed by atoms with Crippen LogP contribution in [0.5, 0.6) is 0 Å². The first-order valence-electron chi connectivity index (χ1n) is 20.9. The molecule has 288 valence electrons. The lowest BCUT2D eigenvalue weighted by Crippen LogP contribution is -2.09. The molecule has 0 amide bonds. The Balaban J connectivity index is 1.03. The molecule has 11 aromatic carbocycles. The summed E-state index contributed by atoms with van der Waals surface area (Å²) in [7, 11) is 0. The monoisotopic (exact) mass is 781 g/mol. The molecule has 0 aliphatic heterocycles. The molecule has 0 heterocycles. The molecule has 0 fully saturated rings. The van der Waals surface area contributed by atoms with Crippen LogP contribution in [0.1, 0.15) is 5.56 Å². The van der Waals surface area contributed by atoms with Crippen LogP contribution in [0.4, 0.5) is 21.5 Å². The summed E-state index contributed by atoms with van der Waals surface area (Å²) in [6.07, 6.45) is 0. The van der Waals surface area contributed by atoms with Gasteiger partial charge in [0.1, 0.15) is 6.67 Å². The van der Waals surface area contributed by atoms with E-state index in [0.717, 1.165) is 33.8 Å². The maximum atomic E-state index is 13.4. The Bertz CT molecular complexity index is 3360. The summed E-state index contributed by atoms with van der Waals surface area (Å²) in [4.78, 5) is 2.20. The van der Waals surface area contributed by atoms with Crippen LogP contribution >= 0.6 is 0 Å². The summed E-state index contributed by atoms with van der Waals surface area (Å²) in [5.41, 5.74) is 13.4. The summed E-state index contributed by atoms with van der Waals surface area (Å²) < 4.78 is 13.4. The average Bonchev–Trinajstić information content (AvgIpc) is 3.34. The molecule has 0 aromatic heterocycles. The smallest absolute Gasteiger partial charge is 0.115 e. The number of hydrogen-bond acceptors (Lipinski definition) is 1. The summed E-state index contributed by atoms with van der Waals surface area (Å²) in [6.45, 7) is -0.476. The molecule has 61 heavy (non-hydrogen) atoms. The molecule has 0 atom stereocenters. The van der Waals surface area contributed by atoms with Crippen LogP contribution in [-0.4, -0.2) is 0 Å². The van der Waals surface area contributed by atoms with E-state index in [1.807, 2.05) is 42.5 Å². The topological polar surface area (TPSA) is 3.24 Å². The van der Waals surface area contributed by atoms with E-state index in [4.69, 9.17) is 0 Å². The lowest BCUT2D eigenvalue weighted by Gasteiger charge is -2.25. The van der Waals surface area contributed by atoms with Crippen LogP contribution in [0, 0.1) is 0 Å². The average molecular weight is 782 g/mol. The van der Waals surface area contributed by atoms with Gasteiger partial charge in [-0.2, -0.15) is 0 Å². The van der Waals surface area contributed by atoms with E-state index < -0.39 is 6.67 Å². The number of halogens is 1. The van der Waals surface area contributed by atoms with E-state index in [0.29, 0.717) is 5.56 Å². The van der Waals surface area contributed by atoms with E-state index in [-0.39, 0.29) is 0 Å². The van der Waals surface area contributed by atoms with Crippen molar-refractivity contribution in [3.05, 3.63) is 236 Å². The molecule has 0 unspecified atom stereocenters. The minimum atomic E-state index is -0.476. The maximum absolute atomic E-state index is 13.4. The number of anilines is 3. The van der Waals surface area contributed by atoms with E-state index >= 15 is 0 Å². The number of rotatable bonds is 8. The van der Waals surface area contributed by atoms with Crippen LogP contribution < -0.4 is 4.90 Å². The molecule has 0 bridgehead atoms. The van der Waals surface area contributed by atoms with Gasteiger partial charge in [-0.3, -0.25) is 0 Å². The van der Waals surface area contributed by atoms with Crippen molar-refractivity contribution < 1.29 is 4.39 Å². The molecule has 0 saturated heterocycles. The highest BCUT2D eigenvalue weighted by Gasteiger charge is 2.20. The van der Waals surface area contributed by atoms with Gasteiger partial charge in [0.15, 0.2) is 0 Å². The lowest BCUT2D eigenvalue weighted by molar-refractivity contribution is 0.485. The highest BCUT2D eigenvalue weighted by molar-refractivity contribution is 6.25. The minimum absolute atomic E-state index is 0.476. The first kappa shape index (κ1) is 36.3. The fourth-order valence-electron chi connectivity index (χ4n) is 9.24. The minimum Gasteiger partial charge on any atom is -0.311 e. The van der Waals surface area contributed by atoms with Crippen LogP contribution in [0.15, 0.2) is 231 Å². The van der Waals surface area contributed by atoms with Crippen molar-refractivity contribution >= 4 is 60.2 Å². The number of benzene rings is 11. The van der Waals surface area contributed by atoms with Gasteiger partial charge in [0, 0.05) is 17.1 Å². The Kier molecular flexibility index (Phi) is 9.17. The Morgan fingerprint density at radius 2 is 0.689 bits per heavy atom. The zero-order valence-electron chi connectivity index (χ0n) is 33.5. The summed E-state index contributed by atoms with van der Waals surface area (Å²) in [6, 6.07) is 82.4. The van der Waals surface area contributed by atoms with Crippen LogP contribution in [-0.2, 0) is 6.67 Å². The van der Waals surface area contributed by atoms with Crippen molar-refractivity contribution in [2.45, 2.75) is 6.67 Å². The van der Waals surface area contributed by atoms with Crippen molar-refractivity contribution in [3.63, 3.8) is 0 Å². The Labute approximate surface area is 355 Å². The maximum Gasteiger partial charge on any atom is 0.115 e. The van der Waals surface area contributed by atoms with E-state index in [1.54, 1.807) is 0 Å². The van der Waals surface area contributed by atoms with E-state index in [1.165, 1.54) is 70.9 Å². The Hall–Kier alpha value is -7.81. The molecule has 2 heteroatoms. The number of para-hydroxylation sites is 1. The zero-order valence-corrected chi connectivity index (χ0v) is 33.5. The predicted octanol–water partition coefficient (Wildman–Crippen LogP) is 16.9. The molecule has 0 N–H and O–H groups in total. The molecule has 11 aromatic rings. The molecule has 0 spiro atoms. The predicted molar refractivity (Wildman–Crippen MR) is 258 cm³/mol. The summed E-state index contributed by atoms with van der Waals surface area (Å²) >= 11 is 0. The number of alkyl halides is 1. The van der Waals surface area contributed by atoms with Gasteiger partial charge in [-0.05, 0) is 136 Å². The fraction of sp³-hybridized carbons (Fsp3) is 0.0169. The van der Waals surface area contributed by atoms with Crippen molar-refractivity contribution in [3.8, 4) is 44.5 Å². The molecule has 0 saturated carbocycles. The number of nitrogens with zero attached hydrogens (tertiary/aromatic N) is 1. The standard InChI is InChI=1S/C59H40FN/c60-39-40-24-33-48(34-25-40)61(47-16-2-1-3-17-47)49-35-30-42(31-36-49)41-26-28-43(29-27-41)46-32-37-56-57(38-46)59(53-23-11-15-45-13-5-7-19-51(45)53)55-21-9-8-20-54(55)58(56)52-22-10-14-44-12-4-6-18-50(44)52/h1-38H,39H2. The summed E-state index contributed by atoms with van der Waals surface area (Å²) in [5.74, 6) is 0. The zero-order chi connectivity index (χ0) is 40.7. The van der Waals surface area contributed by atoms with Crippen LogP contribution in [0.25, 0.3) is 87.6 Å². The van der Waals surface area contributed by atoms with Gasteiger partial charge in [-0.15, -0.1) is 0 Å². The van der Waals surface area contributed by atoms with Gasteiger partial charge in [0.25, 0.3) is 0 Å². The third kappa shape index (κ3) is 6.50. The first-order valence-corrected chi connectivity index (χ1v) is 20.9. The van der Waals surface area contributed by atoms with Gasteiger partial charge in [0.2, 0.25) is 0 Å². The van der Waals surface area contributed by atoms with Crippen LogP contribution in [0.3, 0.4) is 0 Å². The van der Waals surface area contributed by atoms with Gasteiger partial charge in [0.05, 0.1) is 0 Å². The SMILES string of the molecule is FCc1ccc(N(c2ccccc2)c2ccc(-c3ccc(-c4ccc5c(-c6cccc7ccccc67)c6ccccc6c(-c6cccc7ccccc67)c5c4)cc3)cc2)cc1. The van der Waals surface area contributed by atoms with Gasteiger partial charge >= 0.3 is 0 Å². The second kappa shape index (κ2) is 15.4. The quantitative estimate of drug-likeness (QED) is 0.139. The summed E-state index contributed by atoms with van der Waals surface area (Å²) in [5, 5.41) is 9.93. The van der Waals surface area contributed by atoms with Gasteiger partial charge < -0.3 is 4.90 Å². The third-order valence-corrected chi connectivity index (χ3v) is 12.2. The van der Waals surface area contributed by atoms with Gasteiger partial charge in [-0.25, -0.2) is 4.39 Å². The molecule has 0 aliphatic carbocycles. The second-order valence-corrected chi connectivity index (χ2v) is 15.7. The molecular weight excluding hydrogens is 742 g/mol. The molecule has 0 aliphatic rings. The Morgan fingerprint density at radius 3 is 1.25 bits per heavy atom. The lowest BCUT2D eigenvalue weighted by atomic mass is 9.83. The largest absolute Gasteiger partial charge is 0.311 e. The number of hydrogen-bond donors (Lipinski definition) is 0. The number of fused-ring (bicyclic) bond motifs is 4. The molecule has 11 rings (SSSR count). The highest BCUT2D eigenvalue weighted by Crippen LogP contribution is 2.47. The Morgan fingerprint density at radius 1 is 0.295 bits per heavy atom.